The van der Waals surface area contributed by atoms with Gasteiger partial charge in [-0.3, -0.25) is 5.84 Å². The summed E-state index contributed by atoms with van der Waals surface area (Å²) in [6.07, 6.45) is 0. The number of hydrogen-bond donors (Lipinski definition) is 4. The van der Waals surface area contributed by atoms with Crippen LogP contribution in [-0.2, 0) is 0 Å². The predicted octanol–water partition coefficient (Wildman–Crippen LogP) is 1.55. The van der Waals surface area contributed by atoms with E-state index in [0.717, 1.165) is 15.5 Å². The predicted molar refractivity (Wildman–Crippen MR) is 48.8 cm³/mol. The number of rotatable bonds is 1. The quantitative estimate of drug-likeness (QED) is 0.295. The molecule has 1 rings (SSSR count). The Hall–Kier alpha value is -0.320. The van der Waals surface area contributed by atoms with Crippen molar-refractivity contribution in [3.63, 3.8) is 0 Å². The summed E-state index contributed by atoms with van der Waals surface area (Å²) in [7, 11) is 0. The fraction of sp³-hybridized carbons (Fsp3) is 0. The molecule has 0 atom stereocenters. The molecule has 0 amide bonds. The van der Waals surface area contributed by atoms with E-state index in [1.807, 2.05) is 18.2 Å². The van der Waals surface area contributed by atoms with Crippen molar-refractivity contribution in [3.8, 4) is 0 Å². The third-order valence-corrected chi connectivity index (χ3v) is 1.78. The topological polar surface area (TPSA) is 38.0 Å². The highest BCUT2D eigenvalue weighted by Crippen LogP contribution is 2.21. The zero-order valence-corrected chi connectivity index (χ0v) is 6.99. The van der Waals surface area contributed by atoms with Crippen LogP contribution in [0.15, 0.2) is 28.0 Å². The Bertz CT molecular complexity index is 237. The number of nitrogens with one attached hydrogen (secondary N) is 1. The van der Waals surface area contributed by atoms with Crippen LogP contribution in [0.3, 0.4) is 0 Å². The Labute approximate surface area is 70.6 Å². The SMILES string of the molecule is NNc1ccc(S)cc1S. The van der Waals surface area contributed by atoms with E-state index in [-0.39, 0.29) is 0 Å². The van der Waals surface area contributed by atoms with Crippen molar-refractivity contribution in [1.29, 1.82) is 0 Å². The normalized spacial score (nSPS) is 9.50. The first-order valence-corrected chi connectivity index (χ1v) is 3.62. The van der Waals surface area contributed by atoms with E-state index in [1.54, 1.807) is 0 Å². The summed E-state index contributed by atoms with van der Waals surface area (Å²) in [4.78, 5) is 1.68. The molecule has 0 aromatic heterocycles. The molecule has 0 saturated carbocycles. The fourth-order valence-electron chi connectivity index (χ4n) is 0.642. The van der Waals surface area contributed by atoms with Crippen LogP contribution in [0.25, 0.3) is 0 Å². The lowest BCUT2D eigenvalue weighted by Gasteiger charge is -2.02. The van der Waals surface area contributed by atoms with E-state index in [4.69, 9.17) is 5.84 Å². The third-order valence-electron chi connectivity index (χ3n) is 1.14. The second-order valence-electron chi connectivity index (χ2n) is 1.85. The van der Waals surface area contributed by atoms with E-state index in [1.165, 1.54) is 0 Å². The lowest BCUT2D eigenvalue weighted by atomic mass is 10.3. The van der Waals surface area contributed by atoms with Gasteiger partial charge in [0.15, 0.2) is 0 Å². The summed E-state index contributed by atoms with van der Waals surface area (Å²) in [5.74, 6) is 5.18. The third kappa shape index (κ3) is 1.59. The molecule has 1 aromatic carbocycles. The maximum Gasteiger partial charge on any atom is 0.0619 e. The van der Waals surface area contributed by atoms with E-state index in [9.17, 15) is 0 Å². The highest BCUT2D eigenvalue weighted by molar-refractivity contribution is 7.81. The van der Waals surface area contributed by atoms with Crippen molar-refractivity contribution in [2.75, 3.05) is 5.43 Å². The monoisotopic (exact) mass is 172 g/mol. The standard InChI is InChI=1S/C6H8N2S2/c7-8-5-2-1-4(9)3-6(5)10/h1-3,8-10H,7H2. The second-order valence-corrected chi connectivity index (χ2v) is 2.84. The van der Waals surface area contributed by atoms with Crippen LogP contribution in [0.5, 0.6) is 0 Å². The number of thiol groups is 2. The van der Waals surface area contributed by atoms with Gasteiger partial charge in [-0.2, -0.15) is 0 Å². The molecule has 0 aliphatic heterocycles. The van der Waals surface area contributed by atoms with Crippen molar-refractivity contribution in [3.05, 3.63) is 18.2 Å². The number of hydrazine groups is 1. The maximum atomic E-state index is 5.18. The summed E-state index contributed by atoms with van der Waals surface area (Å²) in [5.41, 5.74) is 3.32. The number of anilines is 1. The molecule has 0 bridgehead atoms. The largest absolute Gasteiger partial charge is 0.323 e. The van der Waals surface area contributed by atoms with Gasteiger partial charge in [0, 0.05) is 9.79 Å². The minimum absolute atomic E-state index is 0.801. The molecule has 0 fully saturated rings. The Balaban J connectivity index is 3.07. The number of nitrogens with two attached hydrogens (primary N) is 1. The number of nitrogen functional groups attached to an aromatic ring is 1. The summed E-state index contributed by atoms with van der Waals surface area (Å²) in [6.45, 7) is 0. The molecule has 0 radical (unpaired) electrons. The van der Waals surface area contributed by atoms with Crippen LogP contribution in [0, 0.1) is 0 Å². The van der Waals surface area contributed by atoms with Crippen molar-refractivity contribution in [2.24, 2.45) is 5.84 Å². The molecule has 54 valence electrons. The summed E-state index contributed by atoms with van der Waals surface area (Å²) < 4.78 is 0. The maximum absolute atomic E-state index is 5.18. The van der Waals surface area contributed by atoms with Crippen molar-refractivity contribution in [2.45, 2.75) is 9.79 Å². The minimum Gasteiger partial charge on any atom is -0.323 e. The second kappa shape index (κ2) is 3.18. The molecule has 0 saturated heterocycles. The van der Waals surface area contributed by atoms with Crippen LogP contribution in [0.2, 0.25) is 0 Å². The van der Waals surface area contributed by atoms with Gasteiger partial charge in [0.2, 0.25) is 0 Å². The summed E-state index contributed by atoms with van der Waals surface area (Å²) >= 11 is 8.28. The van der Waals surface area contributed by atoms with Crippen LogP contribution < -0.4 is 11.3 Å². The zero-order valence-electron chi connectivity index (χ0n) is 5.20. The molecule has 1 aromatic rings. The number of benzene rings is 1. The van der Waals surface area contributed by atoms with Crippen LogP contribution in [-0.4, -0.2) is 0 Å². The molecule has 2 nitrogen and oxygen atoms in total. The first kappa shape index (κ1) is 7.78. The Kier molecular flexibility index (Phi) is 2.48. The van der Waals surface area contributed by atoms with Gasteiger partial charge < -0.3 is 5.43 Å². The Morgan fingerprint density at radius 3 is 2.50 bits per heavy atom. The van der Waals surface area contributed by atoms with Crippen molar-refractivity contribution < 1.29 is 0 Å². The van der Waals surface area contributed by atoms with Gasteiger partial charge in [-0.1, -0.05) is 0 Å². The van der Waals surface area contributed by atoms with Gasteiger partial charge in [0.25, 0.3) is 0 Å². The zero-order chi connectivity index (χ0) is 7.56. The van der Waals surface area contributed by atoms with Gasteiger partial charge in [-0.25, -0.2) is 0 Å². The average Bonchev–Trinajstić information content (AvgIpc) is 1.88. The minimum atomic E-state index is 0.801. The van der Waals surface area contributed by atoms with Gasteiger partial charge in [-0.05, 0) is 18.2 Å². The average molecular weight is 172 g/mol. The molecule has 0 heterocycles. The summed E-state index contributed by atoms with van der Waals surface area (Å²) in [6, 6.07) is 5.49. The molecule has 10 heavy (non-hydrogen) atoms. The van der Waals surface area contributed by atoms with Gasteiger partial charge in [0.05, 0.1) is 5.69 Å². The lowest BCUT2D eigenvalue weighted by molar-refractivity contribution is 1.26. The van der Waals surface area contributed by atoms with Gasteiger partial charge in [-0.15, -0.1) is 25.3 Å². The summed E-state index contributed by atoms with van der Waals surface area (Å²) in [5, 5.41) is 0. The van der Waals surface area contributed by atoms with E-state index < -0.39 is 0 Å². The molecule has 0 aliphatic rings. The Morgan fingerprint density at radius 2 is 2.00 bits per heavy atom. The van der Waals surface area contributed by atoms with Crippen LogP contribution in [0.4, 0.5) is 5.69 Å². The first-order valence-electron chi connectivity index (χ1n) is 2.72. The molecular weight excluding hydrogens is 164 g/mol. The molecule has 3 N–H and O–H groups in total. The molecule has 0 spiro atoms. The van der Waals surface area contributed by atoms with Crippen molar-refractivity contribution >= 4 is 30.9 Å². The lowest BCUT2D eigenvalue weighted by Crippen LogP contribution is -2.06. The van der Waals surface area contributed by atoms with Crippen LogP contribution >= 0.6 is 25.3 Å². The van der Waals surface area contributed by atoms with Gasteiger partial charge >= 0.3 is 0 Å². The molecular formula is C6H8N2S2. The smallest absolute Gasteiger partial charge is 0.0619 e. The van der Waals surface area contributed by atoms with Gasteiger partial charge in [0.1, 0.15) is 0 Å². The van der Waals surface area contributed by atoms with E-state index in [2.05, 4.69) is 30.7 Å². The molecule has 4 heteroatoms. The molecule has 0 aliphatic carbocycles. The van der Waals surface area contributed by atoms with Crippen molar-refractivity contribution in [1.82, 2.24) is 0 Å². The number of hydrogen-bond acceptors (Lipinski definition) is 4. The highest BCUT2D eigenvalue weighted by Gasteiger charge is 1.94. The fourth-order valence-corrected chi connectivity index (χ4v) is 1.23. The first-order chi connectivity index (χ1) is 4.74. The molecule has 0 unspecified atom stereocenters. The Morgan fingerprint density at radius 1 is 1.30 bits per heavy atom. The van der Waals surface area contributed by atoms with E-state index in [0.29, 0.717) is 0 Å². The van der Waals surface area contributed by atoms with E-state index >= 15 is 0 Å². The van der Waals surface area contributed by atoms with Crippen LogP contribution in [0.1, 0.15) is 0 Å². The highest BCUT2D eigenvalue weighted by atomic mass is 32.1.